The summed E-state index contributed by atoms with van der Waals surface area (Å²) in [7, 11) is 0. The summed E-state index contributed by atoms with van der Waals surface area (Å²) < 4.78 is 0. The van der Waals surface area contributed by atoms with Crippen LogP contribution in [0.5, 0.6) is 0 Å². The molecule has 0 aliphatic heterocycles. The van der Waals surface area contributed by atoms with E-state index in [4.69, 9.17) is 0 Å². The van der Waals surface area contributed by atoms with Gasteiger partial charge in [0.15, 0.2) is 5.13 Å². The lowest BCUT2D eigenvalue weighted by Crippen LogP contribution is -2.19. The Bertz CT molecular complexity index is 710. The number of urea groups is 1. The van der Waals surface area contributed by atoms with Crippen LogP contribution in [0, 0.1) is 0 Å². The highest BCUT2D eigenvalue weighted by molar-refractivity contribution is 7.13. The monoisotopic (exact) mass is 269 g/mol. The number of nitrogens with one attached hydrogen (secondary N) is 2. The van der Waals surface area contributed by atoms with Crippen LogP contribution in [0.1, 0.15) is 0 Å². The summed E-state index contributed by atoms with van der Waals surface area (Å²) in [6.45, 7) is 0. The molecule has 0 fully saturated rings. The largest absolute Gasteiger partial charge is 0.325 e. The number of amides is 2. The summed E-state index contributed by atoms with van der Waals surface area (Å²) in [4.78, 5) is 15.8. The molecule has 5 heteroatoms. The fourth-order valence-corrected chi connectivity index (χ4v) is 2.34. The van der Waals surface area contributed by atoms with Crippen molar-refractivity contribution < 1.29 is 4.79 Å². The average molecular weight is 269 g/mol. The van der Waals surface area contributed by atoms with Gasteiger partial charge in [0.1, 0.15) is 0 Å². The molecular weight excluding hydrogens is 258 g/mol. The van der Waals surface area contributed by atoms with Crippen molar-refractivity contribution in [2.45, 2.75) is 0 Å². The summed E-state index contributed by atoms with van der Waals surface area (Å²) in [6.07, 6.45) is 1.65. The molecule has 2 N–H and O–H groups in total. The molecule has 1 aromatic heterocycles. The number of hydrogen-bond acceptors (Lipinski definition) is 3. The van der Waals surface area contributed by atoms with Crippen molar-refractivity contribution >= 4 is 39.0 Å². The van der Waals surface area contributed by atoms with E-state index in [0.717, 1.165) is 16.5 Å². The van der Waals surface area contributed by atoms with Crippen LogP contribution in [-0.2, 0) is 0 Å². The SMILES string of the molecule is O=C(Nc1ccc2ccccc2c1)Nc1nccs1. The van der Waals surface area contributed by atoms with Crippen molar-refractivity contribution in [3.05, 3.63) is 54.0 Å². The maximum absolute atomic E-state index is 11.8. The zero-order chi connectivity index (χ0) is 13.1. The van der Waals surface area contributed by atoms with Gasteiger partial charge in [-0.05, 0) is 22.9 Å². The first-order chi connectivity index (χ1) is 9.31. The number of hydrogen-bond donors (Lipinski definition) is 2. The average Bonchev–Trinajstić information content (AvgIpc) is 2.91. The van der Waals surface area contributed by atoms with E-state index in [9.17, 15) is 4.79 Å². The summed E-state index contributed by atoms with van der Waals surface area (Å²) in [5.41, 5.74) is 0.757. The topological polar surface area (TPSA) is 54.0 Å². The molecule has 19 heavy (non-hydrogen) atoms. The Morgan fingerprint density at radius 1 is 1.05 bits per heavy atom. The second kappa shape index (κ2) is 5.07. The first-order valence-electron chi connectivity index (χ1n) is 5.77. The number of carbonyl (C=O) groups excluding carboxylic acids is 1. The second-order valence-corrected chi connectivity index (χ2v) is 4.87. The van der Waals surface area contributed by atoms with Gasteiger partial charge in [-0.15, -0.1) is 11.3 Å². The van der Waals surface area contributed by atoms with Gasteiger partial charge >= 0.3 is 6.03 Å². The molecule has 0 aliphatic rings. The molecule has 0 atom stereocenters. The van der Waals surface area contributed by atoms with Crippen LogP contribution in [0.25, 0.3) is 10.8 Å². The molecule has 0 saturated carbocycles. The maximum atomic E-state index is 11.8. The van der Waals surface area contributed by atoms with Gasteiger partial charge in [-0.3, -0.25) is 5.32 Å². The Balaban J connectivity index is 1.75. The lowest BCUT2D eigenvalue weighted by molar-refractivity contribution is 0.262. The van der Waals surface area contributed by atoms with Crippen LogP contribution in [0.4, 0.5) is 15.6 Å². The first kappa shape index (κ1) is 11.7. The van der Waals surface area contributed by atoms with Gasteiger partial charge in [-0.25, -0.2) is 9.78 Å². The zero-order valence-corrected chi connectivity index (χ0v) is 10.8. The Morgan fingerprint density at radius 2 is 1.89 bits per heavy atom. The molecule has 2 aromatic carbocycles. The maximum Gasteiger partial charge on any atom is 0.325 e. The summed E-state index contributed by atoms with van der Waals surface area (Å²) in [6, 6.07) is 13.5. The number of aromatic nitrogens is 1. The summed E-state index contributed by atoms with van der Waals surface area (Å²) >= 11 is 1.38. The fourth-order valence-electron chi connectivity index (χ4n) is 1.81. The minimum absolute atomic E-state index is 0.287. The van der Waals surface area contributed by atoms with Gasteiger partial charge in [0, 0.05) is 17.3 Å². The van der Waals surface area contributed by atoms with Gasteiger partial charge < -0.3 is 5.32 Å². The smallest absolute Gasteiger partial charge is 0.308 e. The first-order valence-corrected chi connectivity index (χ1v) is 6.65. The van der Waals surface area contributed by atoms with E-state index >= 15 is 0 Å². The molecule has 4 nitrogen and oxygen atoms in total. The summed E-state index contributed by atoms with van der Waals surface area (Å²) in [5.74, 6) is 0. The molecule has 0 spiro atoms. The molecule has 94 valence electrons. The van der Waals surface area contributed by atoms with E-state index in [1.54, 1.807) is 6.20 Å². The predicted molar refractivity (Wildman–Crippen MR) is 78.7 cm³/mol. The van der Waals surface area contributed by atoms with Gasteiger partial charge in [0.05, 0.1) is 0 Å². The molecule has 0 aliphatic carbocycles. The van der Waals surface area contributed by atoms with E-state index < -0.39 is 0 Å². The molecule has 3 rings (SSSR count). The number of rotatable bonds is 2. The Morgan fingerprint density at radius 3 is 2.68 bits per heavy atom. The highest BCUT2D eigenvalue weighted by atomic mass is 32.1. The Labute approximate surface area is 114 Å². The zero-order valence-electron chi connectivity index (χ0n) is 9.96. The number of nitrogens with zero attached hydrogens (tertiary/aromatic N) is 1. The van der Waals surface area contributed by atoms with Crippen molar-refractivity contribution in [2.75, 3.05) is 10.6 Å². The van der Waals surface area contributed by atoms with Crippen LogP contribution in [-0.4, -0.2) is 11.0 Å². The number of carbonyl (C=O) groups is 1. The number of thiazole rings is 1. The lowest BCUT2D eigenvalue weighted by atomic mass is 10.1. The molecule has 0 bridgehead atoms. The van der Waals surface area contributed by atoms with Gasteiger partial charge in [-0.2, -0.15) is 0 Å². The van der Waals surface area contributed by atoms with Crippen molar-refractivity contribution in [3.63, 3.8) is 0 Å². The van der Waals surface area contributed by atoms with Crippen LogP contribution >= 0.6 is 11.3 Å². The Hall–Kier alpha value is -2.40. The molecule has 2 amide bonds. The minimum atomic E-state index is -0.287. The Kier molecular flexibility index (Phi) is 3.12. The molecule has 0 saturated heterocycles. The quantitative estimate of drug-likeness (QED) is 0.740. The third-order valence-corrected chi connectivity index (χ3v) is 3.35. The van der Waals surface area contributed by atoms with Gasteiger partial charge in [-0.1, -0.05) is 30.3 Å². The number of anilines is 2. The van der Waals surface area contributed by atoms with Crippen LogP contribution in [0.3, 0.4) is 0 Å². The highest BCUT2D eigenvalue weighted by Crippen LogP contribution is 2.19. The van der Waals surface area contributed by atoms with E-state index in [1.807, 2.05) is 47.8 Å². The van der Waals surface area contributed by atoms with Crippen LogP contribution in [0.15, 0.2) is 54.0 Å². The van der Waals surface area contributed by atoms with E-state index in [2.05, 4.69) is 15.6 Å². The number of fused-ring (bicyclic) bond motifs is 1. The van der Waals surface area contributed by atoms with Crippen molar-refractivity contribution in [2.24, 2.45) is 0 Å². The van der Waals surface area contributed by atoms with Crippen LogP contribution < -0.4 is 10.6 Å². The molecule has 1 heterocycles. The predicted octanol–water partition coefficient (Wildman–Crippen LogP) is 3.94. The minimum Gasteiger partial charge on any atom is -0.308 e. The third kappa shape index (κ3) is 2.71. The van der Waals surface area contributed by atoms with Gasteiger partial charge in [0.2, 0.25) is 0 Å². The normalized spacial score (nSPS) is 10.3. The van der Waals surface area contributed by atoms with E-state index in [0.29, 0.717) is 5.13 Å². The molecule has 0 unspecified atom stereocenters. The van der Waals surface area contributed by atoms with Crippen LogP contribution in [0.2, 0.25) is 0 Å². The van der Waals surface area contributed by atoms with E-state index in [1.165, 1.54) is 11.3 Å². The second-order valence-electron chi connectivity index (χ2n) is 3.98. The summed E-state index contributed by atoms with van der Waals surface area (Å²) in [5, 5.41) is 10.1. The van der Waals surface area contributed by atoms with Gasteiger partial charge in [0.25, 0.3) is 0 Å². The van der Waals surface area contributed by atoms with Crippen molar-refractivity contribution in [1.29, 1.82) is 0 Å². The molecular formula is C14H11N3OS. The standard InChI is InChI=1S/C14H11N3OS/c18-13(17-14-15-7-8-19-14)16-12-6-5-10-3-1-2-4-11(10)9-12/h1-9H,(H2,15,16,17,18). The van der Waals surface area contributed by atoms with E-state index in [-0.39, 0.29) is 6.03 Å². The molecule has 0 radical (unpaired) electrons. The highest BCUT2D eigenvalue weighted by Gasteiger charge is 2.04. The fraction of sp³-hybridized carbons (Fsp3) is 0. The number of benzene rings is 2. The van der Waals surface area contributed by atoms with Crippen molar-refractivity contribution in [3.8, 4) is 0 Å². The lowest BCUT2D eigenvalue weighted by Gasteiger charge is -2.06. The van der Waals surface area contributed by atoms with Crippen molar-refractivity contribution in [1.82, 2.24) is 4.98 Å². The molecule has 3 aromatic rings. The third-order valence-electron chi connectivity index (χ3n) is 2.66.